The van der Waals surface area contributed by atoms with E-state index in [-0.39, 0.29) is 18.0 Å². The summed E-state index contributed by atoms with van der Waals surface area (Å²) in [5.74, 6) is -1.31. The molecule has 3 amide bonds. The highest BCUT2D eigenvalue weighted by atomic mass is 32.1. The Morgan fingerprint density at radius 1 is 0.909 bits per heavy atom. The van der Waals surface area contributed by atoms with Crippen LogP contribution in [0.1, 0.15) is 64.7 Å². The number of Topliss-reactive ketones (excluding diaryl/α,β-unsaturated/α-hetero) is 1. The number of primary amides is 1. The summed E-state index contributed by atoms with van der Waals surface area (Å²) in [6, 6.07) is 21.8. The summed E-state index contributed by atoms with van der Waals surface area (Å²) in [7, 11) is 0. The Hall–Kier alpha value is -4.63. The first-order valence-electron chi connectivity index (χ1n) is 14.6. The van der Waals surface area contributed by atoms with Crippen LogP contribution in [-0.4, -0.2) is 35.5 Å². The van der Waals surface area contributed by atoms with Crippen molar-refractivity contribution in [3.05, 3.63) is 111 Å². The van der Waals surface area contributed by atoms with Crippen LogP contribution in [0.2, 0.25) is 0 Å². The maximum Gasteiger partial charge on any atom is 0.323 e. The monoisotopic (exact) mass is 609 g/mol. The van der Waals surface area contributed by atoms with Crippen molar-refractivity contribution in [2.24, 2.45) is 11.7 Å². The van der Waals surface area contributed by atoms with Crippen molar-refractivity contribution in [1.82, 2.24) is 4.90 Å². The zero-order valence-electron chi connectivity index (χ0n) is 25.1. The van der Waals surface area contributed by atoms with E-state index in [2.05, 4.69) is 26.1 Å². The summed E-state index contributed by atoms with van der Waals surface area (Å²) in [6.07, 6.45) is 0. The number of carbonyl (C=O) groups excluding carboxylic acids is 3. The normalized spacial score (nSPS) is 20.9. The van der Waals surface area contributed by atoms with E-state index < -0.39 is 35.9 Å². The molecule has 2 aliphatic rings. The number of nitrogens with one attached hydrogen (secondary N) is 1. The molecule has 3 N–H and O–H groups in total. The zero-order chi connectivity index (χ0) is 31.2. The molecule has 3 aromatic carbocycles. The van der Waals surface area contributed by atoms with Crippen molar-refractivity contribution in [1.29, 1.82) is 0 Å². The van der Waals surface area contributed by atoms with Crippen LogP contribution in [-0.2, 0) is 10.2 Å². The second kappa shape index (κ2) is 11.5. The highest BCUT2D eigenvalue weighted by Crippen LogP contribution is 2.53. The number of likely N-dealkylation sites (tertiary alicyclic amines) is 1. The Balaban J connectivity index is 1.55. The number of benzene rings is 3. The molecule has 8 nitrogen and oxygen atoms in total. The highest BCUT2D eigenvalue weighted by molar-refractivity contribution is 7.12. The molecule has 3 heterocycles. The lowest BCUT2D eigenvalue weighted by molar-refractivity contribution is -0.122. The van der Waals surface area contributed by atoms with Gasteiger partial charge in [-0.05, 0) is 70.3 Å². The first-order chi connectivity index (χ1) is 21.0. The van der Waals surface area contributed by atoms with Gasteiger partial charge in [-0.3, -0.25) is 9.59 Å². The average molecular weight is 610 g/mol. The molecular weight excluding hydrogens is 574 g/mol. The fourth-order valence-electron chi connectivity index (χ4n) is 6.34. The number of urea groups is 1. The third kappa shape index (κ3) is 5.43. The zero-order valence-corrected chi connectivity index (χ0v) is 25.9. The van der Waals surface area contributed by atoms with Gasteiger partial charge in [0.05, 0.1) is 16.8 Å². The quantitative estimate of drug-likeness (QED) is 0.233. The summed E-state index contributed by atoms with van der Waals surface area (Å²) < 4.78 is 11.2. The number of hydrogen-bond acceptors (Lipinski definition) is 6. The lowest BCUT2D eigenvalue weighted by Gasteiger charge is -2.31. The smallest absolute Gasteiger partial charge is 0.323 e. The molecule has 6 rings (SSSR count). The van der Waals surface area contributed by atoms with E-state index in [0.717, 1.165) is 16.7 Å². The van der Waals surface area contributed by atoms with Crippen molar-refractivity contribution >= 4 is 34.7 Å². The number of amides is 3. The largest absolute Gasteiger partial charge is 0.454 e. The molecule has 226 valence electrons. The van der Waals surface area contributed by atoms with Gasteiger partial charge in [-0.15, -0.1) is 11.3 Å². The van der Waals surface area contributed by atoms with E-state index in [4.69, 9.17) is 15.2 Å². The summed E-state index contributed by atoms with van der Waals surface area (Å²) in [6.45, 7) is 8.38. The molecular formula is C35H35N3O5S. The summed E-state index contributed by atoms with van der Waals surface area (Å²) in [5.41, 5.74) is 10.1. The number of fused-ring (bicyclic) bond motifs is 1. The van der Waals surface area contributed by atoms with Gasteiger partial charge in [0.2, 0.25) is 12.7 Å². The van der Waals surface area contributed by atoms with Gasteiger partial charge in [-0.2, -0.15) is 0 Å². The van der Waals surface area contributed by atoms with Gasteiger partial charge in [0.15, 0.2) is 17.3 Å². The summed E-state index contributed by atoms with van der Waals surface area (Å²) in [4.78, 5) is 44.3. The van der Waals surface area contributed by atoms with Crippen molar-refractivity contribution in [2.75, 3.05) is 12.1 Å². The molecule has 1 saturated heterocycles. The Kier molecular flexibility index (Phi) is 7.67. The number of thiophene rings is 1. The standard InChI is InChI=1S/C35H35N3O5S/c1-20-7-5-8-24(17-20)37-34(41)38-30(22-12-15-25-26(18-22)43-19-42-25)29(32(39)27-9-6-16-44-27)28(31(38)33(36)40)21-10-13-23(14-11-21)35(2,3)4/h5-18,28-31H,19H2,1-4H3,(H2,36,40)(H,37,41). The van der Waals surface area contributed by atoms with Crippen LogP contribution >= 0.6 is 11.3 Å². The fourth-order valence-corrected chi connectivity index (χ4v) is 7.05. The Morgan fingerprint density at radius 3 is 2.30 bits per heavy atom. The topological polar surface area (TPSA) is 111 Å². The maximum atomic E-state index is 14.5. The molecule has 2 aliphatic heterocycles. The molecule has 1 aromatic heterocycles. The number of nitrogens with zero attached hydrogens (tertiary/aromatic N) is 1. The molecule has 4 aromatic rings. The second-order valence-electron chi connectivity index (χ2n) is 12.4. The van der Waals surface area contributed by atoms with E-state index in [1.54, 1.807) is 24.3 Å². The number of nitrogens with two attached hydrogens (primary N) is 1. The second-order valence-corrected chi connectivity index (χ2v) is 13.3. The lowest BCUT2D eigenvalue weighted by Crippen LogP contribution is -2.48. The molecule has 0 aliphatic carbocycles. The van der Waals surface area contributed by atoms with Gasteiger partial charge in [0.25, 0.3) is 0 Å². The number of rotatable bonds is 6. The van der Waals surface area contributed by atoms with E-state index in [1.807, 2.05) is 66.9 Å². The number of carbonyl (C=O) groups is 3. The SMILES string of the molecule is Cc1cccc(NC(=O)N2C(C(N)=O)C(c3ccc(C(C)(C)C)cc3)C(C(=O)c3cccs3)C2c2ccc3c(c2)OCO3)c1. The predicted octanol–water partition coefficient (Wildman–Crippen LogP) is 6.81. The third-order valence-corrected chi connectivity index (χ3v) is 9.31. The molecule has 1 fully saturated rings. The van der Waals surface area contributed by atoms with E-state index in [9.17, 15) is 14.4 Å². The van der Waals surface area contributed by atoms with Crippen molar-refractivity contribution in [3.8, 4) is 11.5 Å². The first-order valence-corrected chi connectivity index (χ1v) is 15.4. The minimum atomic E-state index is -1.12. The van der Waals surface area contributed by atoms with Crippen LogP contribution in [0.3, 0.4) is 0 Å². The Morgan fingerprint density at radius 2 is 1.64 bits per heavy atom. The third-order valence-electron chi connectivity index (χ3n) is 8.43. The van der Waals surface area contributed by atoms with Gasteiger partial charge < -0.3 is 25.4 Å². The molecule has 4 atom stereocenters. The van der Waals surface area contributed by atoms with Crippen LogP contribution in [0.5, 0.6) is 11.5 Å². The lowest BCUT2D eigenvalue weighted by atomic mass is 9.76. The molecule has 44 heavy (non-hydrogen) atoms. The van der Waals surface area contributed by atoms with Crippen LogP contribution in [0, 0.1) is 12.8 Å². The summed E-state index contributed by atoms with van der Waals surface area (Å²) >= 11 is 1.33. The summed E-state index contributed by atoms with van der Waals surface area (Å²) in [5, 5.41) is 4.82. The number of ketones is 1. The molecule has 0 saturated carbocycles. The predicted molar refractivity (Wildman–Crippen MR) is 170 cm³/mol. The molecule has 9 heteroatoms. The number of anilines is 1. The van der Waals surface area contributed by atoms with Crippen molar-refractivity contribution in [2.45, 2.75) is 51.1 Å². The molecule has 0 bridgehead atoms. The highest BCUT2D eigenvalue weighted by Gasteiger charge is 2.57. The number of hydrogen-bond donors (Lipinski definition) is 2. The minimum absolute atomic E-state index is 0.0746. The van der Waals surface area contributed by atoms with Crippen molar-refractivity contribution < 1.29 is 23.9 Å². The van der Waals surface area contributed by atoms with Gasteiger partial charge in [-0.25, -0.2) is 4.79 Å². The van der Waals surface area contributed by atoms with Gasteiger partial charge >= 0.3 is 6.03 Å². The van der Waals surface area contributed by atoms with Crippen LogP contribution in [0.25, 0.3) is 0 Å². The van der Waals surface area contributed by atoms with E-state index >= 15 is 0 Å². The van der Waals surface area contributed by atoms with Gasteiger partial charge in [-0.1, -0.05) is 69.3 Å². The average Bonchev–Trinajstić information content (AvgIpc) is 3.75. The maximum absolute atomic E-state index is 14.5. The van der Waals surface area contributed by atoms with Crippen LogP contribution < -0.4 is 20.5 Å². The van der Waals surface area contributed by atoms with E-state index in [0.29, 0.717) is 27.6 Å². The van der Waals surface area contributed by atoms with Crippen LogP contribution in [0.4, 0.5) is 10.5 Å². The molecule has 0 spiro atoms. The number of ether oxygens (including phenoxy) is 2. The fraction of sp³-hybridized carbons (Fsp3) is 0.286. The van der Waals surface area contributed by atoms with Gasteiger partial charge in [0, 0.05) is 11.6 Å². The first kappa shape index (κ1) is 29.4. The van der Waals surface area contributed by atoms with Crippen LogP contribution in [0.15, 0.2) is 84.2 Å². The van der Waals surface area contributed by atoms with Crippen molar-refractivity contribution in [3.63, 3.8) is 0 Å². The minimum Gasteiger partial charge on any atom is -0.454 e. The number of aryl methyl sites for hydroxylation is 1. The Bertz CT molecular complexity index is 1710. The molecule has 4 unspecified atom stereocenters. The van der Waals surface area contributed by atoms with Gasteiger partial charge in [0.1, 0.15) is 6.04 Å². The van der Waals surface area contributed by atoms with E-state index in [1.165, 1.54) is 16.2 Å². The Labute approximate surface area is 260 Å². The molecule has 0 radical (unpaired) electrons.